The van der Waals surface area contributed by atoms with Crippen molar-refractivity contribution < 1.29 is 18.0 Å². The Hall–Kier alpha value is -1.29. The first kappa shape index (κ1) is 22.4. The molecule has 1 fully saturated rings. The number of hydrogen-bond acceptors (Lipinski definition) is 3. The number of nitrogens with zero attached hydrogens (tertiary/aromatic N) is 4. The first-order chi connectivity index (χ1) is 13.6. The van der Waals surface area contributed by atoms with Gasteiger partial charge in [-0.1, -0.05) is 29.3 Å². The van der Waals surface area contributed by atoms with Crippen molar-refractivity contribution in [2.75, 3.05) is 26.2 Å². The minimum Gasteiger partial charge on any atom is -0.339 e. The Morgan fingerprint density at radius 2 is 1.86 bits per heavy atom. The van der Waals surface area contributed by atoms with Crippen LogP contribution < -0.4 is 0 Å². The van der Waals surface area contributed by atoms with Gasteiger partial charge in [0.1, 0.15) is 6.54 Å². The van der Waals surface area contributed by atoms with E-state index in [0.717, 1.165) is 10.2 Å². The van der Waals surface area contributed by atoms with Crippen molar-refractivity contribution in [2.45, 2.75) is 26.2 Å². The van der Waals surface area contributed by atoms with Crippen molar-refractivity contribution in [3.63, 3.8) is 0 Å². The number of halogens is 6. The molecule has 0 saturated carbocycles. The van der Waals surface area contributed by atoms with Gasteiger partial charge < -0.3 is 4.90 Å². The van der Waals surface area contributed by atoms with E-state index in [2.05, 4.69) is 25.9 Å². The van der Waals surface area contributed by atoms with Gasteiger partial charge in [0, 0.05) is 42.8 Å². The van der Waals surface area contributed by atoms with Crippen LogP contribution in [0.25, 0.3) is 0 Å². The van der Waals surface area contributed by atoms with Crippen LogP contribution in [0.4, 0.5) is 13.2 Å². The van der Waals surface area contributed by atoms with Crippen LogP contribution in [0.2, 0.25) is 10.0 Å². The second kappa shape index (κ2) is 8.83. The number of aromatic nitrogens is 2. The average Bonchev–Trinajstić information content (AvgIpc) is 2.93. The number of amides is 1. The van der Waals surface area contributed by atoms with Gasteiger partial charge in [0.2, 0.25) is 5.91 Å². The fourth-order valence-electron chi connectivity index (χ4n) is 3.13. The molecule has 2 aromatic rings. The number of carbonyl (C=O) groups excluding carboxylic acids is 1. The maximum atomic E-state index is 13.0. The number of rotatable bonds is 4. The molecule has 1 aromatic carbocycles. The molecule has 29 heavy (non-hydrogen) atoms. The molecule has 1 aliphatic rings. The molecule has 0 aliphatic carbocycles. The summed E-state index contributed by atoms with van der Waals surface area (Å²) in [5.41, 5.74) is 0.196. The number of carbonyl (C=O) groups is 1. The lowest BCUT2D eigenvalue weighted by Gasteiger charge is -2.35. The highest BCUT2D eigenvalue weighted by atomic mass is 79.9. The maximum absolute atomic E-state index is 13.0. The quantitative estimate of drug-likeness (QED) is 0.598. The summed E-state index contributed by atoms with van der Waals surface area (Å²) in [5, 5.41) is 4.73. The highest BCUT2D eigenvalue weighted by Gasteiger charge is 2.38. The third-order valence-electron chi connectivity index (χ3n) is 4.82. The summed E-state index contributed by atoms with van der Waals surface area (Å²) in [6, 6.07) is 5.35. The van der Waals surface area contributed by atoms with E-state index in [1.165, 1.54) is 6.92 Å². The van der Waals surface area contributed by atoms with Crippen LogP contribution in [0.5, 0.6) is 0 Å². The Morgan fingerprint density at radius 1 is 1.21 bits per heavy atom. The van der Waals surface area contributed by atoms with Gasteiger partial charge in [-0.3, -0.25) is 14.4 Å². The number of benzene rings is 1. The predicted molar refractivity (Wildman–Crippen MR) is 108 cm³/mol. The van der Waals surface area contributed by atoms with Crippen molar-refractivity contribution in [3.05, 3.63) is 49.7 Å². The first-order valence-electron chi connectivity index (χ1n) is 8.80. The molecule has 5 nitrogen and oxygen atoms in total. The Morgan fingerprint density at radius 3 is 2.41 bits per heavy atom. The summed E-state index contributed by atoms with van der Waals surface area (Å²) in [6.45, 7) is 4.14. The van der Waals surface area contributed by atoms with Gasteiger partial charge in [0.05, 0.1) is 10.2 Å². The highest BCUT2D eigenvalue weighted by Crippen LogP contribution is 2.35. The van der Waals surface area contributed by atoms with E-state index in [4.69, 9.17) is 23.2 Å². The molecule has 158 valence electrons. The minimum atomic E-state index is -4.58. The molecule has 0 radical (unpaired) electrons. The van der Waals surface area contributed by atoms with E-state index < -0.39 is 11.9 Å². The van der Waals surface area contributed by atoms with E-state index in [1.54, 1.807) is 17.0 Å². The van der Waals surface area contributed by atoms with Gasteiger partial charge in [-0.2, -0.15) is 18.3 Å². The predicted octanol–water partition coefficient (Wildman–Crippen LogP) is 4.62. The zero-order valence-electron chi connectivity index (χ0n) is 15.4. The first-order valence-corrected chi connectivity index (χ1v) is 10.4. The minimum absolute atomic E-state index is 0.137. The molecule has 0 unspecified atom stereocenters. The van der Waals surface area contributed by atoms with Gasteiger partial charge in [-0.25, -0.2) is 0 Å². The van der Waals surface area contributed by atoms with Crippen LogP contribution in [-0.2, 0) is 24.1 Å². The van der Waals surface area contributed by atoms with Gasteiger partial charge in [0.15, 0.2) is 5.69 Å². The van der Waals surface area contributed by atoms with Crippen molar-refractivity contribution in [1.29, 1.82) is 0 Å². The van der Waals surface area contributed by atoms with Crippen molar-refractivity contribution in [3.8, 4) is 0 Å². The average molecular weight is 514 g/mol. The normalized spacial score (nSPS) is 15.8. The Balaban J connectivity index is 1.58. The topological polar surface area (TPSA) is 41.4 Å². The van der Waals surface area contributed by atoms with E-state index in [0.29, 0.717) is 42.8 Å². The molecule has 0 bridgehead atoms. The van der Waals surface area contributed by atoms with E-state index in [9.17, 15) is 18.0 Å². The number of alkyl halides is 3. The summed E-state index contributed by atoms with van der Waals surface area (Å²) >= 11 is 15.0. The van der Waals surface area contributed by atoms with Crippen LogP contribution in [0, 0.1) is 6.92 Å². The molecular formula is C18H18BrCl2F3N4O. The molecule has 0 spiro atoms. The van der Waals surface area contributed by atoms with Crippen LogP contribution in [0.1, 0.15) is 17.0 Å². The summed E-state index contributed by atoms with van der Waals surface area (Å²) in [6.07, 6.45) is -4.58. The third-order valence-corrected chi connectivity index (χ3v) is 6.36. The van der Waals surface area contributed by atoms with Crippen LogP contribution in [-0.4, -0.2) is 51.7 Å². The monoisotopic (exact) mass is 512 g/mol. The Kier molecular flexibility index (Phi) is 6.82. The van der Waals surface area contributed by atoms with Gasteiger partial charge in [-0.15, -0.1) is 0 Å². The molecule has 11 heteroatoms. The van der Waals surface area contributed by atoms with Crippen molar-refractivity contribution in [1.82, 2.24) is 19.6 Å². The molecule has 0 atom stereocenters. The standard InChI is InChI=1S/C18H18BrCl2F3N4O/c1-11-16(19)17(18(22,23)24)25-28(11)10-15(29)27-6-4-26(5-7-27)9-12-2-3-13(20)8-14(12)21/h2-3,8H,4-7,9-10H2,1H3. The second-order valence-electron chi connectivity index (χ2n) is 6.80. The zero-order chi connectivity index (χ0) is 21.3. The summed E-state index contributed by atoms with van der Waals surface area (Å²) < 4.78 is 39.9. The number of hydrogen-bond donors (Lipinski definition) is 0. The fraction of sp³-hybridized carbons (Fsp3) is 0.444. The zero-order valence-corrected chi connectivity index (χ0v) is 18.5. The molecule has 3 rings (SSSR count). The van der Waals surface area contributed by atoms with Gasteiger partial charge >= 0.3 is 6.18 Å². The third kappa shape index (κ3) is 5.25. The Bertz CT molecular complexity index is 911. The van der Waals surface area contributed by atoms with Crippen molar-refractivity contribution in [2.24, 2.45) is 0 Å². The molecule has 1 amide bonds. The summed E-state index contributed by atoms with van der Waals surface area (Å²) in [7, 11) is 0. The van der Waals surface area contributed by atoms with Crippen LogP contribution in [0.3, 0.4) is 0 Å². The highest BCUT2D eigenvalue weighted by molar-refractivity contribution is 9.10. The molecule has 2 heterocycles. The van der Waals surface area contributed by atoms with Crippen LogP contribution in [0.15, 0.2) is 22.7 Å². The largest absolute Gasteiger partial charge is 0.436 e. The molecule has 1 aromatic heterocycles. The summed E-state index contributed by atoms with van der Waals surface area (Å²) in [4.78, 5) is 16.4. The fourth-order valence-corrected chi connectivity index (χ4v) is 4.11. The van der Waals surface area contributed by atoms with Gasteiger partial charge in [0.25, 0.3) is 0 Å². The summed E-state index contributed by atoms with van der Waals surface area (Å²) in [5.74, 6) is -0.263. The number of piperazine rings is 1. The Labute approximate surface area is 184 Å². The lowest BCUT2D eigenvalue weighted by Crippen LogP contribution is -2.49. The second-order valence-corrected chi connectivity index (χ2v) is 8.43. The molecule has 1 saturated heterocycles. The molecule has 0 N–H and O–H groups in total. The van der Waals surface area contributed by atoms with E-state index in [1.807, 2.05) is 6.07 Å². The molecular weight excluding hydrogens is 496 g/mol. The van der Waals surface area contributed by atoms with E-state index in [-0.39, 0.29) is 22.6 Å². The SMILES string of the molecule is Cc1c(Br)c(C(F)(F)F)nn1CC(=O)N1CCN(Cc2ccc(Cl)cc2Cl)CC1. The smallest absolute Gasteiger partial charge is 0.339 e. The van der Waals surface area contributed by atoms with E-state index >= 15 is 0 Å². The van der Waals surface area contributed by atoms with Gasteiger partial charge in [-0.05, 0) is 40.5 Å². The van der Waals surface area contributed by atoms with Crippen LogP contribution >= 0.6 is 39.1 Å². The van der Waals surface area contributed by atoms with Crippen molar-refractivity contribution >= 4 is 45.0 Å². The lowest BCUT2D eigenvalue weighted by molar-refractivity contribution is -0.142. The lowest BCUT2D eigenvalue weighted by atomic mass is 10.2. The maximum Gasteiger partial charge on any atom is 0.436 e. The molecule has 1 aliphatic heterocycles.